The van der Waals surface area contributed by atoms with Gasteiger partial charge in [0.25, 0.3) is 0 Å². The van der Waals surface area contributed by atoms with Gasteiger partial charge in [0.2, 0.25) is 0 Å². The van der Waals surface area contributed by atoms with Crippen LogP contribution in [0.3, 0.4) is 0 Å². The highest BCUT2D eigenvalue weighted by Crippen LogP contribution is 2.08. The lowest BCUT2D eigenvalue weighted by molar-refractivity contribution is 0.0220. The van der Waals surface area contributed by atoms with Gasteiger partial charge in [0.15, 0.2) is 5.96 Å². The van der Waals surface area contributed by atoms with Crippen molar-refractivity contribution in [2.45, 2.75) is 45.6 Å². The summed E-state index contributed by atoms with van der Waals surface area (Å²) in [5.74, 6) is 0.951. The average molecular weight is 340 g/mol. The first kappa shape index (κ1) is 19.5. The molecule has 1 atom stereocenters. The van der Waals surface area contributed by atoms with Crippen LogP contribution in [0.25, 0.3) is 0 Å². The molecule has 0 radical (unpaired) electrons. The Bertz CT molecular complexity index is 349. The Morgan fingerprint density at radius 2 is 1.75 bits per heavy atom. The second-order valence-corrected chi connectivity index (χ2v) is 6.90. The maximum Gasteiger partial charge on any atom is 0.191 e. The van der Waals surface area contributed by atoms with E-state index in [9.17, 15) is 0 Å². The van der Waals surface area contributed by atoms with Crippen LogP contribution < -0.4 is 10.6 Å². The summed E-state index contributed by atoms with van der Waals surface area (Å²) in [7, 11) is 0. The molecule has 0 spiro atoms. The van der Waals surface area contributed by atoms with E-state index in [1.54, 1.807) is 0 Å². The normalized spacial score (nSPS) is 22.8. The zero-order valence-corrected chi connectivity index (χ0v) is 15.7. The number of rotatable bonds is 7. The lowest BCUT2D eigenvalue weighted by atomic mass is 10.2. The first-order valence-corrected chi connectivity index (χ1v) is 9.86. The minimum absolute atomic E-state index is 0.468. The summed E-state index contributed by atoms with van der Waals surface area (Å²) < 4.78 is 5.43. The van der Waals surface area contributed by atoms with E-state index >= 15 is 0 Å². The summed E-state index contributed by atoms with van der Waals surface area (Å²) in [5.41, 5.74) is 0. The molecule has 1 unspecified atom stereocenters. The molecule has 0 aliphatic carbocycles. The zero-order chi connectivity index (χ0) is 17.0. The Labute approximate surface area is 148 Å². The van der Waals surface area contributed by atoms with Gasteiger partial charge in [0.05, 0.1) is 19.8 Å². The van der Waals surface area contributed by atoms with Crippen LogP contribution in [0.5, 0.6) is 0 Å². The molecule has 0 aromatic heterocycles. The van der Waals surface area contributed by atoms with Crippen LogP contribution in [-0.4, -0.2) is 87.4 Å². The lowest BCUT2D eigenvalue weighted by Gasteiger charge is -2.31. The van der Waals surface area contributed by atoms with Crippen LogP contribution in [0.1, 0.15) is 39.5 Å². The van der Waals surface area contributed by atoms with Gasteiger partial charge in [-0.3, -0.25) is 9.89 Å². The molecule has 0 amide bonds. The van der Waals surface area contributed by atoms with E-state index in [-0.39, 0.29) is 0 Å². The SMILES string of the molecule is CCNC(=NCC(C)N1CCOCC1)NCCN1CCCCCC1. The number of hydrogen-bond donors (Lipinski definition) is 2. The van der Waals surface area contributed by atoms with E-state index in [1.807, 2.05) is 0 Å². The molecular weight excluding hydrogens is 302 g/mol. The van der Waals surface area contributed by atoms with Gasteiger partial charge in [-0.05, 0) is 39.8 Å². The molecule has 0 bridgehead atoms. The van der Waals surface area contributed by atoms with Gasteiger partial charge >= 0.3 is 0 Å². The van der Waals surface area contributed by atoms with E-state index in [1.165, 1.54) is 38.8 Å². The number of morpholine rings is 1. The van der Waals surface area contributed by atoms with E-state index in [2.05, 4.69) is 34.3 Å². The van der Waals surface area contributed by atoms with Crippen LogP contribution in [-0.2, 0) is 4.74 Å². The van der Waals surface area contributed by atoms with E-state index < -0.39 is 0 Å². The zero-order valence-electron chi connectivity index (χ0n) is 15.7. The molecule has 2 heterocycles. The van der Waals surface area contributed by atoms with Gasteiger partial charge in [0, 0.05) is 38.8 Å². The quantitative estimate of drug-likeness (QED) is 0.538. The minimum atomic E-state index is 0.468. The van der Waals surface area contributed by atoms with Crippen LogP contribution in [0.2, 0.25) is 0 Å². The highest BCUT2D eigenvalue weighted by atomic mass is 16.5. The fourth-order valence-electron chi connectivity index (χ4n) is 3.39. The summed E-state index contributed by atoms with van der Waals surface area (Å²) in [6.45, 7) is 14.5. The number of nitrogens with zero attached hydrogens (tertiary/aromatic N) is 3. The summed E-state index contributed by atoms with van der Waals surface area (Å²) >= 11 is 0. The standard InChI is InChI=1S/C18H37N5O/c1-3-19-18(20-8-11-22-9-6-4-5-7-10-22)21-16-17(2)23-12-14-24-15-13-23/h17H,3-16H2,1-2H3,(H2,19,20,21). The fraction of sp³-hybridized carbons (Fsp3) is 0.944. The average Bonchev–Trinajstić information content (AvgIpc) is 2.89. The molecule has 6 nitrogen and oxygen atoms in total. The predicted molar refractivity (Wildman–Crippen MR) is 101 cm³/mol. The van der Waals surface area contributed by atoms with Gasteiger partial charge in [-0.2, -0.15) is 0 Å². The summed E-state index contributed by atoms with van der Waals surface area (Å²) in [4.78, 5) is 9.83. The molecule has 2 aliphatic rings. The number of nitrogens with one attached hydrogen (secondary N) is 2. The molecule has 2 fully saturated rings. The maximum atomic E-state index is 5.43. The predicted octanol–water partition coefficient (Wildman–Crippen LogP) is 1.14. The second kappa shape index (κ2) is 11.7. The molecule has 2 aliphatic heterocycles. The highest BCUT2D eigenvalue weighted by Gasteiger charge is 2.16. The molecule has 140 valence electrons. The largest absolute Gasteiger partial charge is 0.379 e. The first-order chi connectivity index (χ1) is 11.8. The Morgan fingerprint density at radius 3 is 2.42 bits per heavy atom. The summed E-state index contributed by atoms with van der Waals surface area (Å²) in [5, 5.41) is 6.87. The number of hydrogen-bond acceptors (Lipinski definition) is 4. The van der Waals surface area contributed by atoms with Crippen LogP contribution >= 0.6 is 0 Å². The molecule has 0 aromatic rings. The van der Waals surface area contributed by atoms with Crippen LogP contribution in [0, 0.1) is 0 Å². The number of likely N-dealkylation sites (tertiary alicyclic amines) is 1. The molecule has 6 heteroatoms. The van der Waals surface area contributed by atoms with E-state index in [0.717, 1.165) is 58.4 Å². The topological polar surface area (TPSA) is 52.1 Å². The van der Waals surface area contributed by atoms with Crippen molar-refractivity contribution in [2.75, 3.05) is 65.6 Å². The van der Waals surface area contributed by atoms with Crippen molar-refractivity contribution in [2.24, 2.45) is 4.99 Å². The van der Waals surface area contributed by atoms with Gasteiger partial charge in [-0.1, -0.05) is 12.8 Å². The molecule has 2 N–H and O–H groups in total. The van der Waals surface area contributed by atoms with Gasteiger partial charge in [-0.15, -0.1) is 0 Å². The van der Waals surface area contributed by atoms with Gasteiger partial charge in [-0.25, -0.2) is 0 Å². The Kier molecular flexibility index (Phi) is 9.46. The fourth-order valence-corrected chi connectivity index (χ4v) is 3.39. The summed E-state index contributed by atoms with van der Waals surface area (Å²) in [6.07, 6.45) is 5.50. The third kappa shape index (κ3) is 7.36. The highest BCUT2D eigenvalue weighted by molar-refractivity contribution is 5.79. The van der Waals surface area contributed by atoms with Crippen molar-refractivity contribution in [3.05, 3.63) is 0 Å². The van der Waals surface area contributed by atoms with Gasteiger partial charge in [0.1, 0.15) is 0 Å². The molecular formula is C18H37N5O. The lowest BCUT2D eigenvalue weighted by Crippen LogP contribution is -2.45. The minimum Gasteiger partial charge on any atom is -0.379 e. The monoisotopic (exact) mass is 339 g/mol. The van der Waals surface area contributed by atoms with Crippen molar-refractivity contribution in [1.82, 2.24) is 20.4 Å². The molecule has 2 rings (SSSR count). The van der Waals surface area contributed by atoms with Crippen LogP contribution in [0.15, 0.2) is 4.99 Å². The van der Waals surface area contributed by atoms with Crippen molar-refractivity contribution >= 4 is 5.96 Å². The molecule has 2 saturated heterocycles. The third-order valence-corrected chi connectivity index (χ3v) is 4.95. The van der Waals surface area contributed by atoms with E-state index in [4.69, 9.17) is 9.73 Å². The number of ether oxygens (including phenoxy) is 1. The molecule has 24 heavy (non-hydrogen) atoms. The Balaban J connectivity index is 1.70. The smallest absolute Gasteiger partial charge is 0.191 e. The first-order valence-electron chi connectivity index (χ1n) is 9.86. The Morgan fingerprint density at radius 1 is 1.04 bits per heavy atom. The second-order valence-electron chi connectivity index (χ2n) is 6.90. The van der Waals surface area contributed by atoms with Gasteiger partial charge < -0.3 is 20.3 Å². The maximum absolute atomic E-state index is 5.43. The molecule has 0 saturated carbocycles. The van der Waals surface area contributed by atoms with Crippen LogP contribution in [0.4, 0.5) is 0 Å². The van der Waals surface area contributed by atoms with Crippen molar-refractivity contribution in [3.63, 3.8) is 0 Å². The van der Waals surface area contributed by atoms with Crippen molar-refractivity contribution in [1.29, 1.82) is 0 Å². The molecule has 0 aromatic carbocycles. The number of aliphatic imine (C=N–C) groups is 1. The van der Waals surface area contributed by atoms with Crippen molar-refractivity contribution < 1.29 is 4.74 Å². The number of guanidine groups is 1. The van der Waals surface area contributed by atoms with Crippen molar-refractivity contribution in [3.8, 4) is 0 Å². The third-order valence-electron chi connectivity index (χ3n) is 4.95. The Hall–Kier alpha value is -0.850. The summed E-state index contributed by atoms with van der Waals surface area (Å²) in [6, 6.07) is 0.468. The van der Waals surface area contributed by atoms with E-state index in [0.29, 0.717) is 6.04 Å².